The van der Waals surface area contributed by atoms with E-state index in [1.807, 2.05) is 0 Å². The third-order valence-corrected chi connectivity index (χ3v) is 5.02. The average molecular weight is 312 g/mol. The number of rotatable bonds is 7. The van der Waals surface area contributed by atoms with Gasteiger partial charge in [0, 0.05) is 12.6 Å². The van der Waals surface area contributed by atoms with Crippen LogP contribution < -0.4 is 14.8 Å². The Labute approximate surface area is 127 Å². The molecule has 0 spiro atoms. The second-order valence-corrected chi connectivity index (χ2v) is 7.53. The Morgan fingerprint density at radius 1 is 1.33 bits per heavy atom. The average Bonchev–Trinajstić information content (AvgIpc) is 2.91. The van der Waals surface area contributed by atoms with Crippen molar-refractivity contribution in [1.29, 1.82) is 0 Å². The van der Waals surface area contributed by atoms with E-state index in [0.717, 1.165) is 19.4 Å². The SMILES string of the molecule is CC(C)CCOc1ccc(S(=O)(=O)NC2CCNC2)cc1. The van der Waals surface area contributed by atoms with Crippen LogP contribution in [0, 0.1) is 5.92 Å². The summed E-state index contributed by atoms with van der Waals surface area (Å²) >= 11 is 0. The second-order valence-electron chi connectivity index (χ2n) is 5.81. The number of hydrogen-bond donors (Lipinski definition) is 2. The summed E-state index contributed by atoms with van der Waals surface area (Å²) in [4.78, 5) is 0.283. The topological polar surface area (TPSA) is 67.4 Å². The first-order valence-corrected chi connectivity index (χ1v) is 8.91. The van der Waals surface area contributed by atoms with E-state index >= 15 is 0 Å². The summed E-state index contributed by atoms with van der Waals surface area (Å²) in [5.74, 6) is 1.30. The zero-order valence-corrected chi connectivity index (χ0v) is 13.4. The molecular formula is C15H24N2O3S. The molecule has 1 fully saturated rings. The molecular weight excluding hydrogens is 288 g/mol. The summed E-state index contributed by atoms with van der Waals surface area (Å²) in [7, 11) is -3.44. The van der Waals surface area contributed by atoms with E-state index in [4.69, 9.17) is 4.74 Å². The van der Waals surface area contributed by atoms with Crippen molar-refractivity contribution in [3.63, 3.8) is 0 Å². The van der Waals surface area contributed by atoms with Crippen LogP contribution in [-0.4, -0.2) is 34.2 Å². The maximum atomic E-state index is 12.2. The smallest absolute Gasteiger partial charge is 0.240 e. The molecule has 1 aliphatic rings. The van der Waals surface area contributed by atoms with Gasteiger partial charge in [0.25, 0.3) is 0 Å². The van der Waals surface area contributed by atoms with E-state index in [1.54, 1.807) is 24.3 Å². The number of ether oxygens (including phenoxy) is 1. The highest BCUT2D eigenvalue weighted by molar-refractivity contribution is 7.89. The van der Waals surface area contributed by atoms with Crippen molar-refractivity contribution in [3.05, 3.63) is 24.3 Å². The van der Waals surface area contributed by atoms with Gasteiger partial charge in [-0.3, -0.25) is 0 Å². The molecule has 0 radical (unpaired) electrons. The Morgan fingerprint density at radius 3 is 2.62 bits per heavy atom. The number of hydrogen-bond acceptors (Lipinski definition) is 4. The summed E-state index contributed by atoms with van der Waals surface area (Å²) in [6.07, 6.45) is 1.81. The lowest BCUT2D eigenvalue weighted by molar-refractivity contribution is 0.289. The molecule has 0 bridgehead atoms. The number of benzene rings is 1. The molecule has 0 saturated carbocycles. The minimum Gasteiger partial charge on any atom is -0.494 e. The summed E-state index contributed by atoms with van der Waals surface area (Å²) in [6.45, 7) is 6.48. The van der Waals surface area contributed by atoms with Crippen molar-refractivity contribution in [1.82, 2.24) is 10.0 Å². The predicted octanol–water partition coefficient (Wildman–Crippen LogP) is 1.75. The van der Waals surface area contributed by atoms with Gasteiger partial charge in [0.15, 0.2) is 0 Å². The van der Waals surface area contributed by atoms with Gasteiger partial charge in [-0.15, -0.1) is 0 Å². The normalized spacial score (nSPS) is 19.1. The lowest BCUT2D eigenvalue weighted by atomic mass is 10.1. The van der Waals surface area contributed by atoms with E-state index in [9.17, 15) is 8.42 Å². The van der Waals surface area contributed by atoms with E-state index in [0.29, 0.717) is 24.8 Å². The Morgan fingerprint density at radius 2 is 2.05 bits per heavy atom. The van der Waals surface area contributed by atoms with Gasteiger partial charge >= 0.3 is 0 Å². The summed E-state index contributed by atoms with van der Waals surface area (Å²) < 4.78 is 32.8. The van der Waals surface area contributed by atoms with E-state index in [-0.39, 0.29) is 10.9 Å². The van der Waals surface area contributed by atoms with Crippen molar-refractivity contribution >= 4 is 10.0 Å². The first kappa shape index (κ1) is 16.3. The second kappa shape index (κ2) is 7.24. The van der Waals surface area contributed by atoms with Crippen LogP contribution in [0.4, 0.5) is 0 Å². The largest absolute Gasteiger partial charge is 0.494 e. The maximum Gasteiger partial charge on any atom is 0.240 e. The molecule has 1 aromatic rings. The molecule has 1 heterocycles. The third-order valence-electron chi connectivity index (χ3n) is 3.48. The summed E-state index contributed by atoms with van der Waals surface area (Å²) in [5, 5.41) is 3.14. The van der Waals surface area contributed by atoms with Crippen LogP contribution in [0.2, 0.25) is 0 Å². The Balaban J connectivity index is 1.93. The van der Waals surface area contributed by atoms with Crippen LogP contribution in [0.3, 0.4) is 0 Å². The molecule has 0 amide bonds. The maximum absolute atomic E-state index is 12.2. The van der Waals surface area contributed by atoms with Crippen molar-refractivity contribution in [2.75, 3.05) is 19.7 Å². The first-order valence-electron chi connectivity index (χ1n) is 7.43. The number of sulfonamides is 1. The van der Waals surface area contributed by atoms with Gasteiger partial charge in [0.1, 0.15) is 5.75 Å². The monoisotopic (exact) mass is 312 g/mol. The molecule has 1 unspecified atom stereocenters. The fourth-order valence-corrected chi connectivity index (χ4v) is 3.44. The minimum absolute atomic E-state index is 0.0167. The highest BCUT2D eigenvalue weighted by Gasteiger charge is 2.22. The molecule has 118 valence electrons. The highest BCUT2D eigenvalue weighted by atomic mass is 32.2. The van der Waals surface area contributed by atoms with Gasteiger partial charge in [-0.05, 0) is 49.6 Å². The zero-order chi connectivity index (χ0) is 15.3. The van der Waals surface area contributed by atoms with Crippen LogP contribution in [0.1, 0.15) is 26.7 Å². The first-order chi connectivity index (χ1) is 9.97. The summed E-state index contributed by atoms with van der Waals surface area (Å²) in [5.41, 5.74) is 0. The zero-order valence-electron chi connectivity index (χ0n) is 12.6. The van der Waals surface area contributed by atoms with Crippen molar-refractivity contribution in [3.8, 4) is 5.75 Å². The van der Waals surface area contributed by atoms with Gasteiger partial charge < -0.3 is 10.1 Å². The molecule has 1 aromatic carbocycles. The standard InChI is InChI=1S/C15H24N2O3S/c1-12(2)8-10-20-14-3-5-15(6-4-14)21(18,19)17-13-7-9-16-11-13/h3-6,12-13,16-17H,7-11H2,1-2H3. The predicted molar refractivity (Wildman–Crippen MR) is 83.0 cm³/mol. The van der Waals surface area contributed by atoms with Gasteiger partial charge in [0.05, 0.1) is 11.5 Å². The number of nitrogens with one attached hydrogen (secondary N) is 2. The van der Waals surface area contributed by atoms with Gasteiger partial charge in [0.2, 0.25) is 10.0 Å². The van der Waals surface area contributed by atoms with Crippen LogP contribution in [0.25, 0.3) is 0 Å². The molecule has 1 atom stereocenters. The van der Waals surface area contributed by atoms with Crippen LogP contribution in [0.15, 0.2) is 29.2 Å². The van der Waals surface area contributed by atoms with Crippen molar-refractivity contribution in [2.24, 2.45) is 5.92 Å². The third kappa shape index (κ3) is 4.98. The van der Waals surface area contributed by atoms with E-state index in [2.05, 4.69) is 23.9 Å². The van der Waals surface area contributed by atoms with E-state index in [1.165, 1.54) is 0 Å². The van der Waals surface area contributed by atoms with E-state index < -0.39 is 10.0 Å². The van der Waals surface area contributed by atoms with Crippen LogP contribution in [0.5, 0.6) is 5.75 Å². The van der Waals surface area contributed by atoms with Crippen molar-refractivity contribution < 1.29 is 13.2 Å². The fourth-order valence-electron chi connectivity index (χ4n) is 2.17. The Bertz CT molecular complexity index is 535. The highest BCUT2D eigenvalue weighted by Crippen LogP contribution is 2.17. The van der Waals surface area contributed by atoms with Crippen LogP contribution in [-0.2, 0) is 10.0 Å². The van der Waals surface area contributed by atoms with Gasteiger partial charge in [-0.2, -0.15) is 0 Å². The molecule has 6 heteroatoms. The fraction of sp³-hybridized carbons (Fsp3) is 0.600. The van der Waals surface area contributed by atoms with Crippen molar-refractivity contribution in [2.45, 2.75) is 37.6 Å². The molecule has 21 heavy (non-hydrogen) atoms. The molecule has 1 aliphatic heterocycles. The lowest BCUT2D eigenvalue weighted by Gasteiger charge is -2.13. The Kier molecular flexibility index (Phi) is 5.61. The molecule has 2 rings (SSSR count). The quantitative estimate of drug-likeness (QED) is 0.805. The van der Waals surface area contributed by atoms with Gasteiger partial charge in [-0.1, -0.05) is 13.8 Å². The molecule has 1 saturated heterocycles. The Hall–Kier alpha value is -1.11. The van der Waals surface area contributed by atoms with Gasteiger partial charge in [-0.25, -0.2) is 13.1 Å². The molecule has 0 aromatic heterocycles. The minimum atomic E-state index is -3.44. The summed E-state index contributed by atoms with van der Waals surface area (Å²) in [6, 6.07) is 6.59. The molecule has 0 aliphatic carbocycles. The van der Waals surface area contributed by atoms with Crippen LogP contribution >= 0.6 is 0 Å². The lowest BCUT2D eigenvalue weighted by Crippen LogP contribution is -2.36. The molecule has 5 nitrogen and oxygen atoms in total. The molecule has 2 N–H and O–H groups in total.